The summed E-state index contributed by atoms with van der Waals surface area (Å²) in [6, 6.07) is 3.94. The summed E-state index contributed by atoms with van der Waals surface area (Å²) < 4.78 is 59.9. The number of benzene rings is 1. The Morgan fingerprint density at radius 2 is 1.68 bits per heavy atom. The quantitative estimate of drug-likeness (QED) is 0.224. The molecule has 1 aliphatic carbocycles. The van der Waals surface area contributed by atoms with E-state index in [4.69, 9.17) is 0 Å². The highest BCUT2D eigenvalue weighted by atomic mass is 32.2. The van der Waals surface area contributed by atoms with E-state index in [-0.39, 0.29) is 17.7 Å². The van der Waals surface area contributed by atoms with E-state index in [1.165, 1.54) is 0 Å². The average Bonchev–Trinajstić information content (AvgIpc) is 2.49. The minimum Gasteiger partial charge on any atom is -0.360 e. The summed E-state index contributed by atoms with van der Waals surface area (Å²) in [5, 5.41) is -0.776. The number of thiol groups is 1. The van der Waals surface area contributed by atoms with Crippen LogP contribution < -0.4 is 0 Å². The summed E-state index contributed by atoms with van der Waals surface area (Å²) in [6.45, 7) is 0. The summed E-state index contributed by atoms with van der Waals surface area (Å²) in [5.41, 5.74) is 9.21. The Balaban J connectivity index is 2.60. The van der Waals surface area contributed by atoms with Crippen molar-refractivity contribution in [2.75, 3.05) is 0 Å². The van der Waals surface area contributed by atoms with E-state index >= 15 is 0 Å². The van der Waals surface area contributed by atoms with Crippen molar-refractivity contribution in [1.29, 1.82) is 0 Å². The van der Waals surface area contributed by atoms with E-state index in [2.05, 4.69) is 4.79 Å². The second-order valence-corrected chi connectivity index (χ2v) is 8.45. The Kier molecular flexibility index (Phi) is 4.79. The third kappa shape index (κ3) is 2.84. The number of hydrogen-bond donors (Lipinski definition) is 1. The summed E-state index contributed by atoms with van der Waals surface area (Å²) in [7, 11) is -7.47. The Labute approximate surface area is 129 Å². The molecule has 0 amide bonds. The molecule has 1 aromatic carbocycles. The predicted octanol–water partition coefficient (Wildman–Crippen LogP) is 1.54. The van der Waals surface area contributed by atoms with Gasteiger partial charge in [0, 0.05) is 0 Å². The third-order valence-electron chi connectivity index (χ3n) is 3.90. The summed E-state index contributed by atoms with van der Waals surface area (Å²) in [6.07, 6.45) is 2.03. The maximum Gasteiger partial charge on any atom is 0.406 e. The first-order valence-electron chi connectivity index (χ1n) is 6.72. The van der Waals surface area contributed by atoms with Gasteiger partial charge in [0.25, 0.3) is 9.84 Å². The molecule has 0 bridgehead atoms. The molecular weight excluding hydrogens is 331 g/mol. The fraction of sp³-hybridized carbons (Fsp3) is 0.462. The second-order valence-electron chi connectivity index (χ2n) is 5.21. The molecule has 6 nitrogen and oxygen atoms in total. The van der Waals surface area contributed by atoms with E-state index in [1.807, 2.05) is 0 Å². The molecule has 0 N–H and O–H groups in total. The number of halogens is 1. The van der Waals surface area contributed by atoms with Crippen LogP contribution in [0, 0.1) is 5.82 Å². The standard InChI is InChI=1S/C13H15FN2O4S2/c14-10-4-6-11(7-5-10)22(19,20)12(16-15)13(21(17)18)8-2-1-3-9-13/h4-7,21H,1-3,8-9H2. The highest BCUT2D eigenvalue weighted by molar-refractivity contribution is 8.07. The molecule has 0 saturated heterocycles. The van der Waals surface area contributed by atoms with Crippen molar-refractivity contribution < 1.29 is 26.0 Å². The minimum atomic E-state index is -4.32. The van der Waals surface area contributed by atoms with Crippen molar-refractivity contribution in [1.82, 2.24) is 0 Å². The number of nitrogens with zero attached hydrogens (tertiary/aromatic N) is 2. The molecule has 0 radical (unpaired) electrons. The number of hydrogen-bond acceptors (Lipinski definition) is 4. The molecule has 1 fully saturated rings. The van der Waals surface area contributed by atoms with Gasteiger partial charge in [0.15, 0.2) is 15.5 Å². The number of rotatable bonds is 3. The summed E-state index contributed by atoms with van der Waals surface area (Å²) >= 11 is 0. The lowest BCUT2D eigenvalue weighted by molar-refractivity contribution is -0.00740. The molecule has 0 unspecified atom stereocenters. The Morgan fingerprint density at radius 3 is 2.14 bits per heavy atom. The fourth-order valence-electron chi connectivity index (χ4n) is 2.73. The van der Waals surface area contributed by atoms with Gasteiger partial charge < -0.3 is 5.53 Å². The smallest absolute Gasteiger partial charge is 0.360 e. The maximum atomic E-state index is 12.9. The highest BCUT2D eigenvalue weighted by Crippen LogP contribution is 2.35. The molecule has 9 heteroatoms. The molecule has 0 aromatic heterocycles. The van der Waals surface area contributed by atoms with Crippen LogP contribution in [0.3, 0.4) is 0 Å². The van der Waals surface area contributed by atoms with Crippen molar-refractivity contribution >= 4 is 25.6 Å². The topological polar surface area (TPSA) is 105 Å². The zero-order chi connectivity index (χ0) is 16.4. The van der Waals surface area contributed by atoms with Gasteiger partial charge in [-0.1, -0.05) is 19.3 Å². The first-order chi connectivity index (χ1) is 10.3. The van der Waals surface area contributed by atoms with Crippen molar-refractivity contribution in [2.45, 2.75) is 41.7 Å². The van der Waals surface area contributed by atoms with Crippen LogP contribution in [-0.2, 0) is 20.5 Å². The molecule has 1 aromatic rings. The van der Waals surface area contributed by atoms with Gasteiger partial charge in [0.1, 0.15) is 5.82 Å². The van der Waals surface area contributed by atoms with E-state index in [0.717, 1.165) is 30.7 Å². The molecule has 1 saturated carbocycles. The van der Waals surface area contributed by atoms with Crippen molar-refractivity contribution in [2.24, 2.45) is 0 Å². The van der Waals surface area contributed by atoms with Crippen molar-refractivity contribution in [3.8, 4) is 0 Å². The van der Waals surface area contributed by atoms with Gasteiger partial charge in [-0.2, -0.15) is 4.79 Å². The lowest BCUT2D eigenvalue weighted by Crippen LogP contribution is -2.46. The molecule has 1 aliphatic rings. The largest absolute Gasteiger partial charge is 0.406 e. The Hall–Kier alpha value is -1.57. The van der Waals surface area contributed by atoms with E-state index in [0.29, 0.717) is 12.8 Å². The normalized spacial score (nSPS) is 17.9. The molecule has 120 valence electrons. The Morgan fingerprint density at radius 1 is 1.14 bits per heavy atom. The molecule has 0 spiro atoms. The summed E-state index contributed by atoms with van der Waals surface area (Å²) in [4.78, 5) is 2.52. The van der Waals surface area contributed by atoms with Gasteiger partial charge in [-0.05, 0) is 37.1 Å². The average molecular weight is 346 g/mol. The molecule has 2 rings (SSSR count). The lowest BCUT2D eigenvalue weighted by atomic mass is 9.89. The fourth-order valence-corrected chi connectivity index (χ4v) is 5.73. The first kappa shape index (κ1) is 16.8. The zero-order valence-corrected chi connectivity index (χ0v) is 13.3. The van der Waals surface area contributed by atoms with Gasteiger partial charge in [-0.3, -0.25) is 0 Å². The Bertz CT molecular complexity index is 780. The van der Waals surface area contributed by atoms with Gasteiger partial charge >= 0.3 is 5.04 Å². The van der Waals surface area contributed by atoms with Gasteiger partial charge in [0.05, 0.1) is 4.90 Å². The van der Waals surface area contributed by atoms with Crippen molar-refractivity contribution in [3.63, 3.8) is 0 Å². The zero-order valence-electron chi connectivity index (χ0n) is 11.6. The van der Waals surface area contributed by atoms with Crippen LogP contribution in [0.15, 0.2) is 29.2 Å². The van der Waals surface area contributed by atoms with Crippen molar-refractivity contribution in [3.05, 3.63) is 35.6 Å². The van der Waals surface area contributed by atoms with Gasteiger partial charge in [0.2, 0.25) is 0 Å². The van der Waals surface area contributed by atoms with Crippen LogP contribution >= 0.6 is 0 Å². The van der Waals surface area contributed by atoms with Gasteiger partial charge in [-0.25, -0.2) is 21.2 Å². The third-order valence-corrected chi connectivity index (χ3v) is 7.28. The van der Waals surface area contributed by atoms with E-state index in [1.54, 1.807) is 0 Å². The van der Waals surface area contributed by atoms with Crippen LogP contribution in [0.4, 0.5) is 4.39 Å². The van der Waals surface area contributed by atoms with Crippen LogP contribution in [0.1, 0.15) is 32.1 Å². The van der Waals surface area contributed by atoms with Crippen LogP contribution in [-0.4, -0.2) is 31.4 Å². The monoisotopic (exact) mass is 346 g/mol. The molecule has 22 heavy (non-hydrogen) atoms. The SMILES string of the molecule is [N-]=[N+]=C(C1([SH](=O)=O)CCCCC1)S(=O)(=O)c1ccc(F)cc1. The molecule has 0 atom stereocenters. The van der Waals surface area contributed by atoms with Crippen LogP contribution in [0.25, 0.3) is 5.53 Å². The minimum absolute atomic E-state index is 0.0888. The highest BCUT2D eigenvalue weighted by Gasteiger charge is 2.54. The first-order valence-corrected chi connectivity index (χ1v) is 9.38. The second kappa shape index (κ2) is 6.28. The van der Waals surface area contributed by atoms with Crippen LogP contribution in [0.2, 0.25) is 0 Å². The number of sulfone groups is 1. The molecule has 0 heterocycles. The lowest BCUT2D eigenvalue weighted by Gasteiger charge is -2.27. The summed E-state index contributed by atoms with van der Waals surface area (Å²) in [5.74, 6) is -0.622. The molecular formula is C13H15FN2O4S2. The predicted molar refractivity (Wildman–Crippen MR) is 78.3 cm³/mol. The van der Waals surface area contributed by atoms with Crippen LogP contribution in [0.5, 0.6) is 0 Å². The molecule has 0 aliphatic heterocycles. The maximum absolute atomic E-state index is 12.9. The van der Waals surface area contributed by atoms with E-state index in [9.17, 15) is 26.8 Å². The van der Waals surface area contributed by atoms with Gasteiger partial charge in [-0.15, -0.1) is 0 Å². The van der Waals surface area contributed by atoms with E-state index < -0.39 is 36.1 Å².